The Hall–Kier alpha value is -0.840. The number of hydrogen-bond acceptors (Lipinski definition) is 3. The first-order valence-corrected chi connectivity index (χ1v) is 7.63. The van der Waals surface area contributed by atoms with Gasteiger partial charge in [-0.1, -0.05) is 22.0 Å². The third-order valence-corrected chi connectivity index (χ3v) is 3.86. The van der Waals surface area contributed by atoms with Gasteiger partial charge in [0, 0.05) is 17.1 Å². The van der Waals surface area contributed by atoms with Gasteiger partial charge in [-0.2, -0.15) is 11.3 Å². The Morgan fingerprint density at radius 3 is 3.00 bits per heavy atom. The Balaban J connectivity index is 1.70. The molecule has 1 heterocycles. The highest BCUT2D eigenvalue weighted by molar-refractivity contribution is 9.10. The van der Waals surface area contributed by atoms with E-state index >= 15 is 0 Å². The maximum atomic E-state index is 5.66. The molecular formula is C14H16BrNOS. The van der Waals surface area contributed by atoms with Gasteiger partial charge >= 0.3 is 0 Å². The fourth-order valence-electron chi connectivity index (χ4n) is 1.64. The lowest BCUT2D eigenvalue weighted by atomic mass is 10.2. The molecule has 18 heavy (non-hydrogen) atoms. The van der Waals surface area contributed by atoms with E-state index in [0.717, 1.165) is 16.8 Å². The van der Waals surface area contributed by atoms with Crippen LogP contribution in [0.3, 0.4) is 0 Å². The highest BCUT2D eigenvalue weighted by atomic mass is 79.9. The van der Waals surface area contributed by atoms with Crippen LogP contribution in [-0.4, -0.2) is 13.2 Å². The van der Waals surface area contributed by atoms with Gasteiger partial charge in [-0.05, 0) is 47.5 Å². The van der Waals surface area contributed by atoms with Crippen LogP contribution in [0.4, 0.5) is 0 Å². The molecule has 1 N–H and O–H groups in total. The number of benzene rings is 1. The Morgan fingerprint density at radius 2 is 2.28 bits per heavy atom. The molecule has 2 aromatic rings. The van der Waals surface area contributed by atoms with Crippen molar-refractivity contribution in [3.05, 3.63) is 51.1 Å². The second kappa shape index (κ2) is 6.92. The molecule has 0 saturated carbocycles. The fraction of sp³-hybridized carbons (Fsp3) is 0.286. The molecule has 0 saturated heterocycles. The topological polar surface area (TPSA) is 21.3 Å². The minimum absolute atomic E-state index is 0.377. The third-order valence-electron chi connectivity index (χ3n) is 2.66. The quantitative estimate of drug-likeness (QED) is 0.802. The molecule has 1 aromatic heterocycles. The first kappa shape index (κ1) is 13.6. The molecule has 96 valence electrons. The van der Waals surface area contributed by atoms with Crippen molar-refractivity contribution in [2.45, 2.75) is 13.0 Å². The van der Waals surface area contributed by atoms with Gasteiger partial charge in [0.05, 0.1) is 0 Å². The highest BCUT2D eigenvalue weighted by Gasteiger charge is 2.04. The zero-order valence-electron chi connectivity index (χ0n) is 10.2. The smallest absolute Gasteiger partial charge is 0.120 e. The van der Waals surface area contributed by atoms with Crippen LogP contribution < -0.4 is 10.1 Å². The maximum absolute atomic E-state index is 5.66. The molecule has 0 fully saturated rings. The summed E-state index contributed by atoms with van der Waals surface area (Å²) in [6, 6.07) is 10.4. The Kier molecular flexibility index (Phi) is 5.23. The maximum Gasteiger partial charge on any atom is 0.120 e. The van der Waals surface area contributed by atoms with Crippen LogP contribution in [0.15, 0.2) is 45.6 Å². The molecule has 0 bridgehead atoms. The monoisotopic (exact) mass is 325 g/mol. The van der Waals surface area contributed by atoms with Crippen LogP contribution in [0.1, 0.15) is 18.5 Å². The van der Waals surface area contributed by atoms with Crippen molar-refractivity contribution in [3.63, 3.8) is 0 Å². The number of thiophene rings is 1. The van der Waals surface area contributed by atoms with E-state index in [9.17, 15) is 0 Å². The molecular weight excluding hydrogens is 310 g/mol. The average molecular weight is 326 g/mol. The van der Waals surface area contributed by atoms with Crippen molar-refractivity contribution < 1.29 is 4.74 Å². The molecule has 1 atom stereocenters. The van der Waals surface area contributed by atoms with Gasteiger partial charge in [-0.3, -0.25) is 0 Å². The highest BCUT2D eigenvalue weighted by Crippen LogP contribution is 2.18. The predicted molar refractivity (Wildman–Crippen MR) is 80.4 cm³/mol. The number of halogens is 1. The average Bonchev–Trinajstić information content (AvgIpc) is 2.88. The largest absolute Gasteiger partial charge is 0.492 e. The molecule has 0 radical (unpaired) electrons. The van der Waals surface area contributed by atoms with Gasteiger partial charge in [0.15, 0.2) is 0 Å². The standard InChI is InChI=1S/C14H16BrNOS/c1-11(12-5-8-18-10-12)16-6-7-17-14-4-2-3-13(15)9-14/h2-5,8-11,16H,6-7H2,1H3. The van der Waals surface area contributed by atoms with Crippen LogP contribution in [0, 0.1) is 0 Å². The van der Waals surface area contributed by atoms with Crippen molar-refractivity contribution in [2.75, 3.05) is 13.2 Å². The molecule has 2 rings (SSSR count). The van der Waals surface area contributed by atoms with Crippen molar-refractivity contribution in [1.29, 1.82) is 0 Å². The van der Waals surface area contributed by atoms with E-state index in [4.69, 9.17) is 4.74 Å². The van der Waals surface area contributed by atoms with Gasteiger partial charge in [0.1, 0.15) is 12.4 Å². The summed E-state index contributed by atoms with van der Waals surface area (Å²) in [7, 11) is 0. The summed E-state index contributed by atoms with van der Waals surface area (Å²) in [5.41, 5.74) is 1.34. The number of hydrogen-bond donors (Lipinski definition) is 1. The molecule has 0 spiro atoms. The van der Waals surface area contributed by atoms with E-state index in [-0.39, 0.29) is 0 Å². The summed E-state index contributed by atoms with van der Waals surface area (Å²) in [6.07, 6.45) is 0. The van der Waals surface area contributed by atoms with Crippen molar-refractivity contribution >= 4 is 27.3 Å². The van der Waals surface area contributed by atoms with Gasteiger partial charge in [-0.15, -0.1) is 0 Å². The summed E-state index contributed by atoms with van der Waals surface area (Å²) in [6.45, 7) is 3.68. The molecule has 0 amide bonds. The van der Waals surface area contributed by atoms with E-state index in [0.29, 0.717) is 12.6 Å². The van der Waals surface area contributed by atoms with E-state index in [1.807, 2.05) is 24.3 Å². The van der Waals surface area contributed by atoms with Crippen molar-refractivity contribution in [1.82, 2.24) is 5.32 Å². The summed E-state index contributed by atoms with van der Waals surface area (Å²) in [4.78, 5) is 0. The van der Waals surface area contributed by atoms with Gasteiger partial charge in [0.2, 0.25) is 0 Å². The Bertz CT molecular complexity index is 472. The molecule has 0 aliphatic carbocycles. The van der Waals surface area contributed by atoms with E-state index in [1.165, 1.54) is 5.56 Å². The molecule has 0 aliphatic heterocycles. The Morgan fingerprint density at radius 1 is 1.39 bits per heavy atom. The minimum Gasteiger partial charge on any atom is -0.492 e. The van der Waals surface area contributed by atoms with Gasteiger partial charge in [-0.25, -0.2) is 0 Å². The van der Waals surface area contributed by atoms with E-state index in [2.05, 4.69) is 45.0 Å². The lowest BCUT2D eigenvalue weighted by molar-refractivity contribution is 0.307. The summed E-state index contributed by atoms with van der Waals surface area (Å²) in [5, 5.41) is 7.72. The van der Waals surface area contributed by atoms with Gasteiger partial charge in [0.25, 0.3) is 0 Å². The lowest BCUT2D eigenvalue weighted by Gasteiger charge is -2.13. The molecule has 0 aliphatic rings. The number of nitrogens with one attached hydrogen (secondary N) is 1. The normalized spacial score (nSPS) is 12.3. The van der Waals surface area contributed by atoms with Crippen LogP contribution in [-0.2, 0) is 0 Å². The van der Waals surface area contributed by atoms with Crippen molar-refractivity contribution in [2.24, 2.45) is 0 Å². The predicted octanol–water partition coefficient (Wildman–Crippen LogP) is 4.24. The summed E-state index contributed by atoms with van der Waals surface area (Å²) in [5.74, 6) is 0.898. The third kappa shape index (κ3) is 4.12. The van der Waals surface area contributed by atoms with Crippen LogP contribution in [0.5, 0.6) is 5.75 Å². The summed E-state index contributed by atoms with van der Waals surface area (Å²) < 4.78 is 6.71. The van der Waals surface area contributed by atoms with Gasteiger partial charge < -0.3 is 10.1 Å². The zero-order chi connectivity index (χ0) is 12.8. The van der Waals surface area contributed by atoms with E-state index in [1.54, 1.807) is 11.3 Å². The SMILES string of the molecule is CC(NCCOc1cccc(Br)c1)c1ccsc1. The summed E-state index contributed by atoms with van der Waals surface area (Å²) >= 11 is 5.16. The molecule has 1 aromatic carbocycles. The first-order valence-electron chi connectivity index (χ1n) is 5.89. The zero-order valence-corrected chi connectivity index (χ0v) is 12.6. The second-order valence-corrected chi connectivity index (χ2v) is 5.73. The molecule has 2 nitrogen and oxygen atoms in total. The van der Waals surface area contributed by atoms with E-state index < -0.39 is 0 Å². The van der Waals surface area contributed by atoms with Crippen LogP contribution in [0.2, 0.25) is 0 Å². The first-order chi connectivity index (χ1) is 8.75. The Labute approximate surface area is 120 Å². The lowest BCUT2D eigenvalue weighted by Crippen LogP contribution is -2.24. The van der Waals surface area contributed by atoms with Crippen LogP contribution in [0.25, 0.3) is 0 Å². The van der Waals surface area contributed by atoms with Crippen LogP contribution >= 0.6 is 27.3 Å². The minimum atomic E-state index is 0.377. The fourth-order valence-corrected chi connectivity index (χ4v) is 2.77. The molecule has 4 heteroatoms. The van der Waals surface area contributed by atoms with Crippen molar-refractivity contribution in [3.8, 4) is 5.75 Å². The molecule has 1 unspecified atom stereocenters. The second-order valence-electron chi connectivity index (χ2n) is 4.04. The number of rotatable bonds is 6. The number of ether oxygens (including phenoxy) is 1.